The minimum Gasteiger partial charge on any atom is -0.481 e. The second-order valence-electron chi connectivity index (χ2n) is 21.1. The van der Waals surface area contributed by atoms with Crippen molar-refractivity contribution >= 4 is 5.97 Å². The number of carboxylic acids is 1. The van der Waals surface area contributed by atoms with Crippen LogP contribution < -0.4 is 0 Å². The van der Waals surface area contributed by atoms with E-state index in [0.717, 1.165) is 24.8 Å². The van der Waals surface area contributed by atoms with Crippen molar-refractivity contribution in [1.82, 2.24) is 0 Å². The van der Waals surface area contributed by atoms with Gasteiger partial charge in [-0.3, -0.25) is 4.79 Å². The van der Waals surface area contributed by atoms with Gasteiger partial charge in [0.1, 0.15) is 0 Å². The van der Waals surface area contributed by atoms with Crippen LogP contribution in [0.4, 0.5) is 0 Å². The van der Waals surface area contributed by atoms with Crippen molar-refractivity contribution in [2.75, 3.05) is 0 Å². The predicted octanol–water partition coefficient (Wildman–Crippen LogP) is 21.7. The summed E-state index contributed by atoms with van der Waals surface area (Å²) < 4.78 is 0. The summed E-state index contributed by atoms with van der Waals surface area (Å²) in [7, 11) is 0. The van der Waals surface area contributed by atoms with Gasteiger partial charge < -0.3 is 5.11 Å². The largest absolute Gasteiger partial charge is 0.481 e. The van der Waals surface area contributed by atoms with Crippen LogP contribution in [0.25, 0.3) is 0 Å². The monoisotopic (exact) mass is 893 g/mol. The zero-order chi connectivity index (χ0) is 46.1. The van der Waals surface area contributed by atoms with Gasteiger partial charge in [0.05, 0.1) is 6.42 Å². The lowest BCUT2D eigenvalue weighted by molar-refractivity contribution is -0.136. The van der Waals surface area contributed by atoms with Gasteiger partial charge in [-0.15, -0.1) is 0 Å². The third kappa shape index (κ3) is 40.9. The lowest BCUT2D eigenvalue weighted by Gasteiger charge is -2.17. The van der Waals surface area contributed by atoms with Crippen molar-refractivity contribution in [3.63, 3.8) is 0 Å². The van der Waals surface area contributed by atoms with Crippen molar-refractivity contribution in [3.05, 3.63) is 34.4 Å². The second-order valence-corrected chi connectivity index (χ2v) is 21.1. The Kier molecular flexibility index (Phi) is 47.0. The number of carboxylic acid groups (broad SMARTS) is 1. The molecule has 0 saturated heterocycles. The molecule has 0 aliphatic rings. The smallest absolute Gasteiger partial charge is 0.307 e. The third-order valence-electron chi connectivity index (χ3n) is 14.7. The SMILES string of the molecule is CCCCCCCCCCCCCCCCCCc1cc(CCCCCCCCCCCCCCCCCC)c(CCCCCCCCCCCCCCCCCC)c(CC(=O)O)c1. The van der Waals surface area contributed by atoms with Gasteiger partial charge >= 0.3 is 5.97 Å². The summed E-state index contributed by atoms with van der Waals surface area (Å²) >= 11 is 0. The van der Waals surface area contributed by atoms with Crippen LogP contribution >= 0.6 is 0 Å². The van der Waals surface area contributed by atoms with Crippen LogP contribution in [0, 0.1) is 0 Å². The highest BCUT2D eigenvalue weighted by molar-refractivity contribution is 5.71. The molecule has 0 saturated carbocycles. The first-order valence-electron chi connectivity index (χ1n) is 30.0. The Bertz CT molecular complexity index is 1090. The van der Waals surface area contributed by atoms with Gasteiger partial charge in [0.2, 0.25) is 0 Å². The molecule has 0 fully saturated rings. The van der Waals surface area contributed by atoms with E-state index in [9.17, 15) is 9.90 Å². The second kappa shape index (κ2) is 49.6. The molecule has 376 valence electrons. The van der Waals surface area contributed by atoms with Crippen LogP contribution in [-0.4, -0.2) is 11.1 Å². The highest BCUT2D eigenvalue weighted by atomic mass is 16.4. The molecule has 1 aromatic carbocycles. The molecule has 0 aliphatic heterocycles. The van der Waals surface area contributed by atoms with Crippen LogP contribution in [0.15, 0.2) is 12.1 Å². The molecule has 2 heteroatoms. The molecule has 0 aliphatic carbocycles. The van der Waals surface area contributed by atoms with E-state index in [1.807, 2.05) is 0 Å². The van der Waals surface area contributed by atoms with E-state index in [2.05, 4.69) is 32.9 Å². The minimum atomic E-state index is -0.666. The zero-order valence-electron chi connectivity index (χ0n) is 44.3. The number of aryl methyl sites for hydroxylation is 2. The highest BCUT2D eigenvalue weighted by Gasteiger charge is 2.14. The number of carbonyl (C=O) groups is 1. The Morgan fingerprint density at radius 1 is 0.297 bits per heavy atom. The Morgan fingerprint density at radius 3 is 0.781 bits per heavy atom. The van der Waals surface area contributed by atoms with Gasteiger partial charge in [0, 0.05) is 0 Å². The summed E-state index contributed by atoms with van der Waals surface area (Å²) in [5, 5.41) is 10.0. The van der Waals surface area contributed by atoms with E-state index in [1.54, 1.807) is 0 Å². The number of rotatable bonds is 53. The molecule has 1 aromatic rings. The number of benzene rings is 1. The van der Waals surface area contributed by atoms with Gasteiger partial charge in [0.25, 0.3) is 0 Å². The van der Waals surface area contributed by atoms with Crippen LogP contribution in [0.1, 0.15) is 351 Å². The van der Waals surface area contributed by atoms with Gasteiger partial charge in [-0.25, -0.2) is 0 Å². The lowest BCUT2D eigenvalue weighted by atomic mass is 9.88. The van der Waals surface area contributed by atoms with Crippen molar-refractivity contribution in [2.45, 2.75) is 355 Å². The Hall–Kier alpha value is -1.31. The molecule has 1 rings (SSSR count). The summed E-state index contributed by atoms with van der Waals surface area (Å²) in [5.41, 5.74) is 5.44. The van der Waals surface area contributed by atoms with Crippen molar-refractivity contribution in [2.24, 2.45) is 0 Å². The third-order valence-corrected chi connectivity index (χ3v) is 14.7. The fourth-order valence-electron chi connectivity index (χ4n) is 10.5. The number of unbranched alkanes of at least 4 members (excludes halogenated alkanes) is 45. The van der Waals surface area contributed by atoms with Gasteiger partial charge in [-0.05, 0) is 60.8 Å². The summed E-state index contributed by atoms with van der Waals surface area (Å²) in [4.78, 5) is 12.2. The van der Waals surface area contributed by atoms with E-state index in [-0.39, 0.29) is 6.42 Å². The zero-order valence-corrected chi connectivity index (χ0v) is 44.3. The molecule has 0 radical (unpaired) electrons. The highest BCUT2D eigenvalue weighted by Crippen LogP contribution is 2.26. The van der Waals surface area contributed by atoms with Crippen molar-refractivity contribution in [1.29, 1.82) is 0 Å². The Labute approximate surface area is 403 Å². The summed E-state index contributed by atoms with van der Waals surface area (Å²) in [6.07, 6.45) is 70.6. The summed E-state index contributed by atoms with van der Waals surface area (Å²) in [5.74, 6) is -0.666. The molecule has 0 aromatic heterocycles. The maximum absolute atomic E-state index is 12.2. The molecule has 0 atom stereocenters. The molecule has 0 bridgehead atoms. The van der Waals surface area contributed by atoms with Gasteiger partial charge in [-0.1, -0.05) is 322 Å². The normalized spacial score (nSPS) is 11.6. The van der Waals surface area contributed by atoms with E-state index in [0.29, 0.717) is 0 Å². The van der Waals surface area contributed by atoms with E-state index in [4.69, 9.17) is 0 Å². The molecule has 2 nitrogen and oxygen atoms in total. The first-order chi connectivity index (χ1) is 31.6. The van der Waals surface area contributed by atoms with E-state index < -0.39 is 5.97 Å². The topological polar surface area (TPSA) is 37.3 Å². The average molecular weight is 894 g/mol. The van der Waals surface area contributed by atoms with Crippen LogP contribution in [0.2, 0.25) is 0 Å². The first-order valence-corrected chi connectivity index (χ1v) is 30.0. The maximum Gasteiger partial charge on any atom is 0.307 e. The first kappa shape index (κ1) is 60.7. The minimum absolute atomic E-state index is 0.187. The quantitative estimate of drug-likeness (QED) is 0.0662. The summed E-state index contributed by atoms with van der Waals surface area (Å²) in [6.45, 7) is 6.91. The number of aliphatic carboxylic acids is 1. The van der Waals surface area contributed by atoms with Crippen molar-refractivity contribution < 1.29 is 9.90 Å². The maximum atomic E-state index is 12.2. The number of hydrogen-bond donors (Lipinski definition) is 1. The molecule has 0 unspecified atom stereocenters. The number of hydrogen-bond acceptors (Lipinski definition) is 1. The predicted molar refractivity (Wildman–Crippen MR) is 288 cm³/mol. The fraction of sp³-hybridized carbons (Fsp3) is 0.887. The molecule has 0 spiro atoms. The molecular weight excluding hydrogens is 777 g/mol. The van der Waals surface area contributed by atoms with Crippen LogP contribution in [0.5, 0.6) is 0 Å². The Balaban J connectivity index is 2.50. The Morgan fingerprint density at radius 2 is 0.516 bits per heavy atom. The fourth-order valence-corrected chi connectivity index (χ4v) is 10.5. The van der Waals surface area contributed by atoms with E-state index in [1.165, 1.54) is 325 Å². The lowest BCUT2D eigenvalue weighted by Crippen LogP contribution is -2.09. The van der Waals surface area contributed by atoms with E-state index >= 15 is 0 Å². The van der Waals surface area contributed by atoms with Crippen LogP contribution in [0.3, 0.4) is 0 Å². The molecule has 1 N–H and O–H groups in total. The standard InChI is InChI=1S/C62H116O2/c1-4-7-10-13-16-19-22-25-28-31-34-37-40-43-46-49-52-58-55-59(53-50-47-44-41-38-35-32-29-26-23-20-17-14-11-8-5-2)61(60(56-58)57-62(63)64)54-51-48-45-42-39-36-33-30-27-24-21-18-15-12-9-6-3/h55-56H,4-54,57H2,1-3H3,(H,63,64). The van der Waals surface area contributed by atoms with Crippen molar-refractivity contribution in [3.8, 4) is 0 Å². The van der Waals surface area contributed by atoms with Crippen LogP contribution in [-0.2, 0) is 30.5 Å². The molecular formula is C62H116O2. The van der Waals surface area contributed by atoms with Gasteiger partial charge in [-0.2, -0.15) is 0 Å². The summed E-state index contributed by atoms with van der Waals surface area (Å²) in [6, 6.07) is 4.85. The molecule has 0 heterocycles. The molecule has 64 heavy (non-hydrogen) atoms. The van der Waals surface area contributed by atoms with Gasteiger partial charge in [0.15, 0.2) is 0 Å². The molecule has 0 amide bonds. The average Bonchev–Trinajstić information content (AvgIpc) is 3.29.